The number of benzene rings is 2. The number of halogens is 1. The van der Waals surface area contributed by atoms with Gasteiger partial charge >= 0.3 is 0 Å². The minimum atomic E-state index is -0.0758. The zero-order valence-corrected chi connectivity index (χ0v) is 18.4. The van der Waals surface area contributed by atoms with Gasteiger partial charge in [0.05, 0.1) is 0 Å². The molecule has 0 nitrogen and oxygen atoms in total. The molecule has 0 spiro atoms. The van der Waals surface area contributed by atoms with E-state index in [9.17, 15) is 4.39 Å². The largest absolute Gasteiger partial charge is 0.207 e. The van der Waals surface area contributed by atoms with Gasteiger partial charge in [-0.2, -0.15) is 0 Å². The highest BCUT2D eigenvalue weighted by atomic mass is 28.1. The molecule has 0 saturated heterocycles. The molecule has 0 aliphatic heterocycles. The van der Waals surface area contributed by atoms with E-state index in [-0.39, 0.29) is 5.82 Å². The lowest BCUT2D eigenvalue weighted by molar-refractivity contribution is 0.348. The summed E-state index contributed by atoms with van der Waals surface area (Å²) in [6, 6.07) is 16.5. The van der Waals surface area contributed by atoms with Crippen LogP contribution >= 0.6 is 0 Å². The standard InChI is InChI=1S/C24H33FSi/c1-18-6-7-20(16-24(18)25)5-3-2-4-19-8-12-22(13-9-19)23-14-10-21(17-26)11-15-23/h6-9,12-13,16,21,23H,2-5,10-11,14-15,17H2,1,26H3. The first-order valence-electron chi connectivity index (χ1n) is 10.5. The van der Waals surface area contributed by atoms with Crippen LogP contribution in [0.3, 0.4) is 0 Å². The van der Waals surface area contributed by atoms with Crippen LogP contribution in [0.5, 0.6) is 0 Å². The Labute approximate surface area is 161 Å². The summed E-state index contributed by atoms with van der Waals surface area (Å²) in [6.07, 6.45) is 10.0. The summed E-state index contributed by atoms with van der Waals surface area (Å²) in [5, 5.41) is 0. The third-order valence-electron chi connectivity index (χ3n) is 6.29. The normalized spacial score (nSPS) is 20.4. The summed E-state index contributed by atoms with van der Waals surface area (Å²) >= 11 is 0. The molecule has 0 bridgehead atoms. The summed E-state index contributed by atoms with van der Waals surface area (Å²) in [5.41, 5.74) is 4.85. The average Bonchev–Trinajstić information content (AvgIpc) is 2.68. The summed E-state index contributed by atoms with van der Waals surface area (Å²) in [7, 11) is 1.36. The maximum atomic E-state index is 13.6. The molecule has 2 aromatic rings. The van der Waals surface area contributed by atoms with E-state index in [0.29, 0.717) is 0 Å². The number of unbranched alkanes of at least 4 members (excludes halogenated alkanes) is 1. The van der Waals surface area contributed by atoms with Crippen molar-refractivity contribution in [3.8, 4) is 0 Å². The van der Waals surface area contributed by atoms with Crippen molar-refractivity contribution in [1.29, 1.82) is 0 Å². The SMILES string of the molecule is Cc1ccc(CCCCc2ccc(C3CCC(C[SiH3])CC3)cc2)cc1F. The quantitative estimate of drug-likeness (QED) is 0.431. The third kappa shape index (κ3) is 5.29. The van der Waals surface area contributed by atoms with Crippen molar-refractivity contribution in [2.24, 2.45) is 5.92 Å². The Hall–Kier alpha value is -1.41. The maximum absolute atomic E-state index is 13.6. The number of hydrogen-bond acceptors (Lipinski definition) is 0. The van der Waals surface area contributed by atoms with Crippen molar-refractivity contribution < 1.29 is 4.39 Å². The first kappa shape index (κ1) is 19.4. The molecule has 0 heterocycles. The van der Waals surface area contributed by atoms with Crippen LogP contribution < -0.4 is 0 Å². The van der Waals surface area contributed by atoms with E-state index in [0.717, 1.165) is 42.2 Å². The molecule has 0 radical (unpaired) electrons. The van der Waals surface area contributed by atoms with Gasteiger partial charge in [0.1, 0.15) is 5.82 Å². The minimum Gasteiger partial charge on any atom is -0.207 e. The Morgan fingerprint density at radius 1 is 0.885 bits per heavy atom. The van der Waals surface area contributed by atoms with E-state index in [2.05, 4.69) is 30.3 Å². The fraction of sp³-hybridized carbons (Fsp3) is 0.500. The maximum Gasteiger partial charge on any atom is 0.126 e. The second-order valence-corrected chi connectivity index (χ2v) is 8.97. The number of aryl methyl sites for hydroxylation is 3. The highest BCUT2D eigenvalue weighted by Crippen LogP contribution is 2.36. The van der Waals surface area contributed by atoms with E-state index in [1.165, 1.54) is 54.0 Å². The lowest BCUT2D eigenvalue weighted by Crippen LogP contribution is -2.12. The fourth-order valence-corrected chi connectivity index (χ4v) is 5.13. The average molecular weight is 369 g/mol. The first-order valence-corrected chi connectivity index (χ1v) is 11.9. The van der Waals surface area contributed by atoms with Crippen LogP contribution in [0.25, 0.3) is 0 Å². The first-order chi connectivity index (χ1) is 12.7. The molecule has 26 heavy (non-hydrogen) atoms. The summed E-state index contributed by atoms with van der Waals surface area (Å²) in [4.78, 5) is 0. The van der Waals surface area contributed by atoms with E-state index in [1.807, 2.05) is 13.0 Å². The lowest BCUT2D eigenvalue weighted by Gasteiger charge is -2.28. The third-order valence-corrected chi connectivity index (χ3v) is 7.45. The van der Waals surface area contributed by atoms with Gasteiger partial charge in [-0.1, -0.05) is 55.3 Å². The predicted octanol–water partition coefficient (Wildman–Crippen LogP) is 5.76. The zero-order valence-electron chi connectivity index (χ0n) is 16.4. The molecule has 1 saturated carbocycles. The van der Waals surface area contributed by atoms with Crippen molar-refractivity contribution in [1.82, 2.24) is 0 Å². The number of hydrogen-bond donors (Lipinski definition) is 0. The zero-order chi connectivity index (χ0) is 18.4. The van der Waals surface area contributed by atoms with Crippen LogP contribution in [0.1, 0.15) is 66.7 Å². The predicted molar refractivity (Wildman–Crippen MR) is 114 cm³/mol. The topological polar surface area (TPSA) is 0 Å². The van der Waals surface area contributed by atoms with Crippen molar-refractivity contribution in [2.75, 3.05) is 0 Å². The fourth-order valence-electron chi connectivity index (χ4n) is 4.31. The molecular formula is C24H33FSi. The Kier molecular flexibility index (Phi) is 7.07. The van der Waals surface area contributed by atoms with E-state index < -0.39 is 0 Å². The Morgan fingerprint density at radius 3 is 2.12 bits per heavy atom. The van der Waals surface area contributed by atoms with Crippen LogP contribution in [-0.4, -0.2) is 10.2 Å². The second-order valence-electron chi connectivity index (χ2n) is 8.16. The molecule has 3 rings (SSSR count). The highest BCUT2D eigenvalue weighted by molar-refractivity contribution is 6.08. The molecule has 140 valence electrons. The molecule has 0 atom stereocenters. The van der Waals surface area contributed by atoms with Gasteiger partial charge in [-0.3, -0.25) is 0 Å². The molecule has 2 aromatic carbocycles. The smallest absolute Gasteiger partial charge is 0.126 e. The molecule has 0 N–H and O–H groups in total. The summed E-state index contributed by atoms with van der Waals surface area (Å²) < 4.78 is 13.6. The van der Waals surface area contributed by atoms with E-state index in [4.69, 9.17) is 0 Å². The van der Waals surface area contributed by atoms with Crippen LogP contribution in [0.15, 0.2) is 42.5 Å². The number of rotatable bonds is 7. The van der Waals surface area contributed by atoms with Crippen LogP contribution in [0.2, 0.25) is 6.04 Å². The van der Waals surface area contributed by atoms with Gasteiger partial charge in [-0.25, -0.2) is 4.39 Å². The molecule has 0 aromatic heterocycles. The minimum absolute atomic E-state index is 0.0758. The summed E-state index contributed by atoms with van der Waals surface area (Å²) in [5.74, 6) is 1.75. The lowest BCUT2D eigenvalue weighted by atomic mass is 9.79. The van der Waals surface area contributed by atoms with Gasteiger partial charge < -0.3 is 0 Å². The van der Waals surface area contributed by atoms with Gasteiger partial charge in [-0.05, 0) is 85.6 Å². The van der Waals surface area contributed by atoms with Gasteiger partial charge in [0, 0.05) is 10.2 Å². The van der Waals surface area contributed by atoms with Crippen molar-refractivity contribution >= 4 is 10.2 Å². The Balaban J connectivity index is 1.42. The molecule has 0 amide bonds. The molecule has 0 unspecified atom stereocenters. The van der Waals surface area contributed by atoms with Crippen LogP contribution in [0.4, 0.5) is 4.39 Å². The second kappa shape index (κ2) is 9.50. The van der Waals surface area contributed by atoms with Gasteiger partial charge in [0.15, 0.2) is 0 Å². The molecule has 1 fully saturated rings. The summed E-state index contributed by atoms with van der Waals surface area (Å²) in [6.45, 7) is 1.82. The van der Waals surface area contributed by atoms with Gasteiger partial charge in [-0.15, -0.1) is 0 Å². The van der Waals surface area contributed by atoms with Crippen LogP contribution in [0, 0.1) is 18.7 Å². The van der Waals surface area contributed by atoms with E-state index >= 15 is 0 Å². The molecule has 1 aliphatic carbocycles. The monoisotopic (exact) mass is 368 g/mol. The van der Waals surface area contributed by atoms with Crippen LogP contribution in [-0.2, 0) is 12.8 Å². The van der Waals surface area contributed by atoms with Crippen molar-refractivity contribution in [3.63, 3.8) is 0 Å². The van der Waals surface area contributed by atoms with Crippen molar-refractivity contribution in [2.45, 2.75) is 70.3 Å². The van der Waals surface area contributed by atoms with Gasteiger partial charge in [0.2, 0.25) is 0 Å². The molecular weight excluding hydrogens is 335 g/mol. The van der Waals surface area contributed by atoms with E-state index in [1.54, 1.807) is 11.6 Å². The Morgan fingerprint density at radius 2 is 1.50 bits per heavy atom. The van der Waals surface area contributed by atoms with Crippen molar-refractivity contribution in [3.05, 3.63) is 70.5 Å². The Bertz CT molecular complexity index is 684. The molecule has 1 aliphatic rings. The molecule has 2 heteroatoms. The van der Waals surface area contributed by atoms with Gasteiger partial charge in [0.25, 0.3) is 0 Å². The highest BCUT2D eigenvalue weighted by Gasteiger charge is 2.20.